The maximum Gasteiger partial charge on any atom is 0.124 e. The number of rotatable bonds is 6. The number of hydrogen-bond donors (Lipinski definition) is 1. The van der Waals surface area contributed by atoms with Gasteiger partial charge in [0.2, 0.25) is 0 Å². The van der Waals surface area contributed by atoms with Crippen LogP contribution >= 0.6 is 0 Å². The molecule has 0 saturated heterocycles. The Hall–Kier alpha value is -1.06. The summed E-state index contributed by atoms with van der Waals surface area (Å²) in [6, 6.07) is 8.35. The minimum absolute atomic E-state index is 0.127. The number of fused-ring (bicyclic) bond motifs is 1. The summed E-state index contributed by atoms with van der Waals surface area (Å²) in [6.45, 7) is 1.19. The highest BCUT2D eigenvalue weighted by Crippen LogP contribution is 2.60. The van der Waals surface area contributed by atoms with E-state index in [2.05, 4.69) is 12.1 Å². The number of para-hydroxylation sites is 1. The van der Waals surface area contributed by atoms with Gasteiger partial charge >= 0.3 is 0 Å². The molecule has 2 aliphatic carbocycles. The van der Waals surface area contributed by atoms with Crippen LogP contribution in [0.1, 0.15) is 37.3 Å². The maximum absolute atomic E-state index is 6.55. The average Bonchev–Trinajstić information content (AvgIpc) is 3.22. The number of methoxy groups -OCH3 is 1. The lowest BCUT2D eigenvalue weighted by Crippen LogP contribution is -2.16. The lowest BCUT2D eigenvalue weighted by molar-refractivity contribution is 0.145. The molecule has 3 heteroatoms. The third-order valence-corrected chi connectivity index (χ3v) is 4.96. The summed E-state index contributed by atoms with van der Waals surface area (Å²) in [5, 5.41) is 0. The van der Waals surface area contributed by atoms with Gasteiger partial charge in [0.1, 0.15) is 12.4 Å². The Bertz CT molecular complexity index is 436. The molecule has 1 aromatic carbocycles. The molecule has 110 valence electrons. The standard InChI is InChI=1S/C17H25NO2/c1-19-10-11-20-15-9-5-4-8-14(15)17(18)16-12-6-2-3-7-13(12)16/h4-5,8-9,12-13,16-17H,2-3,6-7,10-11,18H2,1H3. The number of benzene rings is 1. The molecule has 2 aliphatic rings. The fraction of sp³-hybridized carbons (Fsp3) is 0.647. The van der Waals surface area contributed by atoms with Crippen LogP contribution in [0, 0.1) is 17.8 Å². The zero-order valence-corrected chi connectivity index (χ0v) is 12.3. The van der Waals surface area contributed by atoms with Crippen LogP contribution in [0.15, 0.2) is 24.3 Å². The van der Waals surface area contributed by atoms with E-state index in [1.165, 1.54) is 31.2 Å². The summed E-state index contributed by atoms with van der Waals surface area (Å²) in [6.07, 6.45) is 5.51. The van der Waals surface area contributed by atoms with Gasteiger partial charge in [-0.15, -0.1) is 0 Å². The lowest BCUT2D eigenvalue weighted by Gasteiger charge is -2.17. The lowest BCUT2D eigenvalue weighted by atomic mass is 10.00. The van der Waals surface area contributed by atoms with Crippen molar-refractivity contribution < 1.29 is 9.47 Å². The van der Waals surface area contributed by atoms with Gasteiger partial charge in [0.05, 0.1) is 6.61 Å². The van der Waals surface area contributed by atoms with E-state index in [0.29, 0.717) is 19.1 Å². The average molecular weight is 275 g/mol. The first-order valence-corrected chi connectivity index (χ1v) is 7.79. The summed E-state index contributed by atoms with van der Waals surface area (Å²) in [5.41, 5.74) is 7.72. The highest BCUT2D eigenvalue weighted by atomic mass is 16.5. The van der Waals surface area contributed by atoms with E-state index in [4.69, 9.17) is 15.2 Å². The summed E-state index contributed by atoms with van der Waals surface area (Å²) in [7, 11) is 1.69. The summed E-state index contributed by atoms with van der Waals surface area (Å²) < 4.78 is 10.9. The van der Waals surface area contributed by atoms with Gasteiger partial charge in [0, 0.05) is 18.7 Å². The molecule has 3 atom stereocenters. The zero-order chi connectivity index (χ0) is 13.9. The molecular formula is C17H25NO2. The molecule has 0 bridgehead atoms. The Morgan fingerprint density at radius 2 is 1.85 bits per heavy atom. The van der Waals surface area contributed by atoms with Crippen LogP contribution in [0.25, 0.3) is 0 Å². The van der Waals surface area contributed by atoms with Gasteiger partial charge in [-0.2, -0.15) is 0 Å². The Morgan fingerprint density at radius 3 is 2.55 bits per heavy atom. The second-order valence-corrected chi connectivity index (χ2v) is 6.09. The van der Waals surface area contributed by atoms with Crippen LogP contribution in [-0.4, -0.2) is 20.3 Å². The Morgan fingerprint density at radius 1 is 1.15 bits per heavy atom. The van der Waals surface area contributed by atoms with Gasteiger partial charge in [-0.05, 0) is 36.7 Å². The predicted octanol–water partition coefficient (Wildman–Crippen LogP) is 3.15. The fourth-order valence-corrected chi connectivity index (χ4v) is 3.91. The molecule has 2 N–H and O–H groups in total. The second-order valence-electron chi connectivity index (χ2n) is 6.09. The quantitative estimate of drug-likeness (QED) is 0.811. The molecule has 0 amide bonds. The van der Waals surface area contributed by atoms with E-state index in [1.54, 1.807) is 7.11 Å². The zero-order valence-electron chi connectivity index (χ0n) is 12.3. The fourth-order valence-electron chi connectivity index (χ4n) is 3.91. The Kier molecular flexibility index (Phi) is 4.27. The van der Waals surface area contributed by atoms with Crippen LogP contribution in [0.5, 0.6) is 5.75 Å². The summed E-state index contributed by atoms with van der Waals surface area (Å²) >= 11 is 0. The first kappa shape index (κ1) is 13.9. The molecule has 0 radical (unpaired) electrons. The molecule has 3 nitrogen and oxygen atoms in total. The third kappa shape index (κ3) is 2.70. The summed E-state index contributed by atoms with van der Waals surface area (Å²) in [4.78, 5) is 0. The van der Waals surface area contributed by atoms with Gasteiger partial charge in [-0.3, -0.25) is 0 Å². The van der Waals surface area contributed by atoms with Gasteiger partial charge in [0.15, 0.2) is 0 Å². The van der Waals surface area contributed by atoms with Crippen LogP contribution in [0.4, 0.5) is 0 Å². The molecule has 0 heterocycles. The minimum atomic E-state index is 0.127. The van der Waals surface area contributed by atoms with Crippen molar-refractivity contribution in [2.45, 2.75) is 31.7 Å². The van der Waals surface area contributed by atoms with Crippen molar-refractivity contribution in [1.29, 1.82) is 0 Å². The van der Waals surface area contributed by atoms with Gasteiger partial charge in [-0.25, -0.2) is 0 Å². The minimum Gasteiger partial charge on any atom is -0.491 e. The van der Waals surface area contributed by atoms with Crippen molar-refractivity contribution in [3.05, 3.63) is 29.8 Å². The molecule has 3 unspecified atom stereocenters. The third-order valence-electron chi connectivity index (χ3n) is 4.96. The Labute approximate surface area is 121 Å². The molecule has 1 aromatic rings. The van der Waals surface area contributed by atoms with E-state index in [1.807, 2.05) is 12.1 Å². The number of hydrogen-bond acceptors (Lipinski definition) is 3. The van der Waals surface area contributed by atoms with Crippen LogP contribution < -0.4 is 10.5 Å². The van der Waals surface area contributed by atoms with Gasteiger partial charge < -0.3 is 15.2 Å². The maximum atomic E-state index is 6.55. The molecular weight excluding hydrogens is 250 g/mol. The molecule has 2 fully saturated rings. The second kappa shape index (κ2) is 6.15. The first-order chi connectivity index (χ1) is 9.83. The van der Waals surface area contributed by atoms with Gasteiger partial charge in [0.25, 0.3) is 0 Å². The van der Waals surface area contributed by atoms with Crippen LogP contribution in [0.3, 0.4) is 0 Å². The van der Waals surface area contributed by atoms with Crippen molar-refractivity contribution >= 4 is 0 Å². The summed E-state index contributed by atoms with van der Waals surface area (Å²) in [5.74, 6) is 3.34. The van der Waals surface area contributed by atoms with E-state index in [9.17, 15) is 0 Å². The Balaban J connectivity index is 1.69. The highest BCUT2D eigenvalue weighted by Gasteiger charge is 2.53. The first-order valence-electron chi connectivity index (χ1n) is 7.79. The van der Waals surface area contributed by atoms with Crippen molar-refractivity contribution in [3.8, 4) is 5.75 Å². The molecule has 2 saturated carbocycles. The van der Waals surface area contributed by atoms with Crippen molar-refractivity contribution in [2.24, 2.45) is 23.5 Å². The van der Waals surface area contributed by atoms with E-state index in [0.717, 1.165) is 17.6 Å². The molecule has 3 rings (SSSR count). The van der Waals surface area contributed by atoms with Crippen molar-refractivity contribution in [1.82, 2.24) is 0 Å². The number of ether oxygens (including phenoxy) is 2. The van der Waals surface area contributed by atoms with E-state index in [-0.39, 0.29) is 6.04 Å². The molecule has 20 heavy (non-hydrogen) atoms. The molecule has 0 spiro atoms. The van der Waals surface area contributed by atoms with E-state index >= 15 is 0 Å². The van der Waals surface area contributed by atoms with Gasteiger partial charge in [-0.1, -0.05) is 31.0 Å². The highest BCUT2D eigenvalue weighted by molar-refractivity contribution is 5.37. The monoisotopic (exact) mass is 275 g/mol. The predicted molar refractivity (Wildman–Crippen MR) is 79.7 cm³/mol. The molecule has 0 aliphatic heterocycles. The van der Waals surface area contributed by atoms with Crippen LogP contribution in [0.2, 0.25) is 0 Å². The smallest absolute Gasteiger partial charge is 0.124 e. The SMILES string of the molecule is COCCOc1ccccc1C(N)C1C2CCCCC21. The normalized spacial score (nSPS) is 29.6. The number of nitrogens with two attached hydrogens (primary N) is 1. The largest absolute Gasteiger partial charge is 0.491 e. The van der Waals surface area contributed by atoms with Crippen molar-refractivity contribution in [2.75, 3.05) is 20.3 Å². The topological polar surface area (TPSA) is 44.5 Å². The van der Waals surface area contributed by atoms with Crippen molar-refractivity contribution in [3.63, 3.8) is 0 Å². The molecule has 0 aromatic heterocycles. The van der Waals surface area contributed by atoms with Crippen LogP contribution in [-0.2, 0) is 4.74 Å². The van der Waals surface area contributed by atoms with E-state index < -0.39 is 0 Å².